The lowest BCUT2D eigenvalue weighted by atomic mass is 10.1. The summed E-state index contributed by atoms with van der Waals surface area (Å²) in [5, 5.41) is 0. The SMILES string of the molecule is C=C(CCC=CCC)C(=O)OC. The van der Waals surface area contributed by atoms with Crippen molar-refractivity contribution in [3.05, 3.63) is 24.3 Å². The predicted molar refractivity (Wildman–Crippen MR) is 49.8 cm³/mol. The molecule has 0 saturated heterocycles. The molecule has 0 radical (unpaired) electrons. The van der Waals surface area contributed by atoms with Gasteiger partial charge in [0.2, 0.25) is 0 Å². The number of carbonyl (C=O) groups excluding carboxylic acids is 1. The van der Waals surface area contributed by atoms with Crippen LogP contribution in [0, 0.1) is 0 Å². The number of carbonyl (C=O) groups is 1. The van der Waals surface area contributed by atoms with Crippen molar-refractivity contribution in [3.63, 3.8) is 0 Å². The molecular weight excluding hydrogens is 152 g/mol. The lowest BCUT2D eigenvalue weighted by Gasteiger charge is -1.99. The number of hydrogen-bond acceptors (Lipinski definition) is 2. The Labute approximate surface area is 73.9 Å². The average Bonchev–Trinajstić information content (AvgIpc) is 2.10. The van der Waals surface area contributed by atoms with Gasteiger partial charge in [-0.05, 0) is 19.3 Å². The van der Waals surface area contributed by atoms with Crippen molar-refractivity contribution >= 4 is 5.97 Å². The zero-order valence-corrected chi connectivity index (χ0v) is 7.80. The molecule has 2 heteroatoms. The van der Waals surface area contributed by atoms with E-state index in [4.69, 9.17) is 0 Å². The monoisotopic (exact) mass is 168 g/mol. The summed E-state index contributed by atoms with van der Waals surface area (Å²) in [6.07, 6.45) is 6.70. The highest BCUT2D eigenvalue weighted by Gasteiger charge is 2.03. The molecule has 0 N–H and O–H groups in total. The number of esters is 1. The first kappa shape index (κ1) is 11.0. The van der Waals surface area contributed by atoms with Crippen molar-refractivity contribution in [1.82, 2.24) is 0 Å². The van der Waals surface area contributed by atoms with Gasteiger partial charge in [0.25, 0.3) is 0 Å². The third kappa shape index (κ3) is 4.72. The highest BCUT2D eigenvalue weighted by Crippen LogP contribution is 2.04. The molecule has 0 heterocycles. The van der Waals surface area contributed by atoms with Gasteiger partial charge in [-0.25, -0.2) is 4.79 Å². The largest absolute Gasteiger partial charge is 0.466 e. The molecule has 0 aliphatic heterocycles. The second-order valence-corrected chi connectivity index (χ2v) is 2.51. The van der Waals surface area contributed by atoms with Gasteiger partial charge in [-0.1, -0.05) is 25.7 Å². The number of allylic oxidation sites excluding steroid dienone is 2. The fourth-order valence-electron chi connectivity index (χ4n) is 0.788. The first-order chi connectivity index (χ1) is 5.72. The van der Waals surface area contributed by atoms with Gasteiger partial charge in [0.05, 0.1) is 7.11 Å². The smallest absolute Gasteiger partial charge is 0.333 e. The molecule has 0 aromatic carbocycles. The lowest BCUT2D eigenvalue weighted by molar-refractivity contribution is -0.136. The Balaban J connectivity index is 3.57. The maximum Gasteiger partial charge on any atom is 0.333 e. The Morgan fingerprint density at radius 1 is 1.50 bits per heavy atom. The number of methoxy groups -OCH3 is 1. The Morgan fingerprint density at radius 2 is 2.17 bits per heavy atom. The second kappa shape index (κ2) is 6.65. The fourth-order valence-corrected chi connectivity index (χ4v) is 0.788. The van der Waals surface area contributed by atoms with E-state index >= 15 is 0 Å². The second-order valence-electron chi connectivity index (χ2n) is 2.51. The summed E-state index contributed by atoms with van der Waals surface area (Å²) in [6, 6.07) is 0. The third-order valence-corrected chi connectivity index (χ3v) is 1.49. The summed E-state index contributed by atoms with van der Waals surface area (Å²) >= 11 is 0. The van der Waals surface area contributed by atoms with Gasteiger partial charge in [0, 0.05) is 5.57 Å². The number of rotatable bonds is 5. The first-order valence-electron chi connectivity index (χ1n) is 4.13. The highest BCUT2D eigenvalue weighted by atomic mass is 16.5. The van der Waals surface area contributed by atoms with Crippen molar-refractivity contribution in [3.8, 4) is 0 Å². The molecule has 0 saturated carbocycles. The lowest BCUT2D eigenvalue weighted by Crippen LogP contribution is -2.02. The van der Waals surface area contributed by atoms with Crippen LogP contribution in [0.25, 0.3) is 0 Å². The Kier molecular flexibility index (Phi) is 6.07. The molecule has 0 atom stereocenters. The van der Waals surface area contributed by atoms with Crippen LogP contribution in [-0.2, 0) is 9.53 Å². The molecule has 0 bridgehead atoms. The molecule has 0 amide bonds. The molecule has 0 aromatic rings. The van der Waals surface area contributed by atoms with Crippen LogP contribution in [0.4, 0.5) is 0 Å². The minimum absolute atomic E-state index is 0.306. The maximum absolute atomic E-state index is 10.8. The van der Waals surface area contributed by atoms with E-state index in [2.05, 4.69) is 24.3 Å². The van der Waals surface area contributed by atoms with E-state index in [0.717, 1.165) is 12.8 Å². The van der Waals surface area contributed by atoms with Crippen LogP contribution in [0.15, 0.2) is 24.3 Å². The van der Waals surface area contributed by atoms with Crippen LogP contribution >= 0.6 is 0 Å². The topological polar surface area (TPSA) is 26.3 Å². The first-order valence-corrected chi connectivity index (χ1v) is 4.13. The number of ether oxygens (including phenoxy) is 1. The van der Waals surface area contributed by atoms with Crippen LogP contribution in [0.3, 0.4) is 0 Å². The molecule has 0 aliphatic rings. The molecule has 0 fully saturated rings. The van der Waals surface area contributed by atoms with Crippen molar-refractivity contribution in [2.45, 2.75) is 26.2 Å². The van der Waals surface area contributed by atoms with E-state index in [9.17, 15) is 4.79 Å². The Morgan fingerprint density at radius 3 is 2.67 bits per heavy atom. The van der Waals surface area contributed by atoms with E-state index in [0.29, 0.717) is 12.0 Å². The predicted octanol–water partition coefficient (Wildman–Crippen LogP) is 2.46. The summed E-state index contributed by atoms with van der Waals surface area (Å²) in [5.41, 5.74) is 0.540. The fraction of sp³-hybridized carbons (Fsp3) is 0.500. The van der Waals surface area contributed by atoms with Crippen LogP contribution in [0.1, 0.15) is 26.2 Å². The third-order valence-electron chi connectivity index (χ3n) is 1.49. The van der Waals surface area contributed by atoms with Gasteiger partial charge in [0.1, 0.15) is 0 Å². The van der Waals surface area contributed by atoms with Crippen molar-refractivity contribution in [2.75, 3.05) is 7.11 Å². The normalized spacial score (nSPS) is 10.2. The standard InChI is InChI=1S/C10H16O2/c1-4-5-6-7-8-9(2)10(11)12-3/h5-6H,2,4,7-8H2,1,3H3. The van der Waals surface area contributed by atoms with Crippen LogP contribution in [0.2, 0.25) is 0 Å². The van der Waals surface area contributed by atoms with Gasteiger partial charge in [0.15, 0.2) is 0 Å². The summed E-state index contributed by atoms with van der Waals surface area (Å²) in [6.45, 7) is 5.69. The zero-order chi connectivity index (χ0) is 9.40. The summed E-state index contributed by atoms with van der Waals surface area (Å²) < 4.78 is 4.51. The van der Waals surface area contributed by atoms with Gasteiger partial charge in [-0.2, -0.15) is 0 Å². The van der Waals surface area contributed by atoms with Crippen molar-refractivity contribution in [1.29, 1.82) is 0 Å². The van der Waals surface area contributed by atoms with E-state index in [1.165, 1.54) is 7.11 Å². The maximum atomic E-state index is 10.8. The van der Waals surface area contributed by atoms with Gasteiger partial charge in [-0.3, -0.25) is 0 Å². The minimum Gasteiger partial charge on any atom is -0.466 e. The highest BCUT2D eigenvalue weighted by molar-refractivity contribution is 5.87. The molecular formula is C10H16O2. The van der Waals surface area contributed by atoms with Crippen molar-refractivity contribution in [2.24, 2.45) is 0 Å². The summed E-state index contributed by atoms with van der Waals surface area (Å²) in [7, 11) is 1.37. The van der Waals surface area contributed by atoms with Crippen LogP contribution in [0.5, 0.6) is 0 Å². The molecule has 12 heavy (non-hydrogen) atoms. The zero-order valence-electron chi connectivity index (χ0n) is 7.80. The molecule has 0 rings (SSSR count). The average molecular weight is 168 g/mol. The molecule has 2 nitrogen and oxygen atoms in total. The van der Waals surface area contributed by atoms with Gasteiger partial charge in [-0.15, -0.1) is 0 Å². The van der Waals surface area contributed by atoms with E-state index in [1.807, 2.05) is 6.08 Å². The van der Waals surface area contributed by atoms with E-state index < -0.39 is 0 Å². The Bertz CT molecular complexity index is 180. The van der Waals surface area contributed by atoms with E-state index in [-0.39, 0.29) is 5.97 Å². The molecule has 0 aromatic heterocycles. The molecule has 68 valence electrons. The number of hydrogen-bond donors (Lipinski definition) is 0. The molecule has 0 aliphatic carbocycles. The quantitative estimate of drug-likeness (QED) is 0.358. The summed E-state index contributed by atoms with van der Waals surface area (Å²) in [4.78, 5) is 10.8. The van der Waals surface area contributed by atoms with Crippen LogP contribution in [-0.4, -0.2) is 13.1 Å². The minimum atomic E-state index is -0.306. The van der Waals surface area contributed by atoms with Crippen molar-refractivity contribution < 1.29 is 9.53 Å². The summed E-state index contributed by atoms with van der Waals surface area (Å²) in [5.74, 6) is -0.306. The van der Waals surface area contributed by atoms with Gasteiger partial charge >= 0.3 is 5.97 Å². The van der Waals surface area contributed by atoms with E-state index in [1.54, 1.807) is 0 Å². The molecule has 0 unspecified atom stereocenters. The van der Waals surface area contributed by atoms with Crippen LogP contribution < -0.4 is 0 Å². The Hall–Kier alpha value is -1.05. The molecule has 0 spiro atoms. The van der Waals surface area contributed by atoms with Gasteiger partial charge < -0.3 is 4.74 Å².